The van der Waals surface area contributed by atoms with Gasteiger partial charge in [-0.15, -0.1) is 0 Å². The molecule has 2 aromatic carbocycles. The summed E-state index contributed by atoms with van der Waals surface area (Å²) in [5.41, 5.74) is 2.21. The van der Waals surface area contributed by atoms with Crippen LogP contribution in [-0.2, 0) is 70.4 Å². The Morgan fingerprint density at radius 3 is 1.82 bits per heavy atom. The molecule has 370 valence electrons. The van der Waals surface area contributed by atoms with E-state index in [0.29, 0.717) is 95.0 Å². The molecular weight excluding hydrogens is 993 g/mol. The Balaban J connectivity index is 0.000000327. The predicted octanol–water partition coefficient (Wildman–Crippen LogP) is 6.15. The largest absolute Gasteiger partial charge is 0.469 e. The average Bonchev–Trinajstić information content (AvgIpc) is 3.35. The van der Waals surface area contributed by atoms with Crippen LogP contribution in [0.1, 0.15) is 69.9 Å². The first-order valence-corrected chi connectivity index (χ1v) is 24.7. The third kappa shape index (κ3) is 21.0. The second-order valence-electron chi connectivity index (χ2n) is 14.5. The zero-order valence-electron chi connectivity index (χ0n) is 37.7. The predicted molar refractivity (Wildman–Crippen MR) is 267 cm³/mol. The third-order valence-electron chi connectivity index (χ3n) is 9.93. The van der Waals surface area contributed by atoms with Crippen LogP contribution in [0.3, 0.4) is 0 Å². The van der Waals surface area contributed by atoms with Gasteiger partial charge in [0, 0.05) is 37.8 Å². The fourth-order valence-electron chi connectivity index (χ4n) is 6.36. The van der Waals surface area contributed by atoms with Gasteiger partial charge in [0.25, 0.3) is 0 Å². The Bertz CT molecular complexity index is 1980. The van der Waals surface area contributed by atoms with E-state index in [4.69, 9.17) is 24.1 Å². The van der Waals surface area contributed by atoms with Gasteiger partial charge in [0.15, 0.2) is 0 Å². The van der Waals surface area contributed by atoms with Crippen LogP contribution < -0.4 is 5.32 Å². The maximum absolute atomic E-state index is 12.3. The monoisotopic (exact) mass is 1050 g/mol. The number of hydrogen-bond acceptors (Lipinski definition) is 19. The zero-order chi connectivity index (χ0) is 48.2. The normalized spacial score (nSPS) is 20.6. The Morgan fingerprint density at radius 2 is 1.28 bits per heavy atom. The number of thioether (sulfide) groups is 3. The third-order valence-corrected chi connectivity index (χ3v) is 14.5. The lowest BCUT2D eigenvalue weighted by Gasteiger charge is -2.36. The van der Waals surface area contributed by atoms with E-state index >= 15 is 0 Å². The fraction of sp³-hybridized carbons (Fsp3) is 0.543. The summed E-state index contributed by atoms with van der Waals surface area (Å²) in [5, 5.41) is 14.1. The first kappa shape index (κ1) is 59.0. The van der Waals surface area contributed by atoms with E-state index < -0.39 is 9.49 Å². The fourth-order valence-corrected chi connectivity index (χ4v) is 10.3. The Hall–Kier alpha value is -4.12. The van der Waals surface area contributed by atoms with E-state index in [1.54, 1.807) is 0 Å². The van der Waals surface area contributed by atoms with Crippen LogP contribution in [0.2, 0.25) is 0 Å². The highest BCUT2D eigenvalue weighted by Crippen LogP contribution is 2.41. The molecule has 4 aliphatic heterocycles. The number of nitrogens with one attached hydrogen (secondary N) is 1. The Morgan fingerprint density at radius 1 is 0.716 bits per heavy atom. The molecule has 0 bridgehead atoms. The van der Waals surface area contributed by atoms with Crippen molar-refractivity contribution in [3.8, 4) is 0 Å². The lowest BCUT2D eigenvalue weighted by molar-refractivity contribution is -0.145. The van der Waals surface area contributed by atoms with Crippen molar-refractivity contribution in [2.24, 2.45) is 15.0 Å². The number of amides is 2. The first-order valence-electron chi connectivity index (χ1n) is 21.0. The summed E-state index contributed by atoms with van der Waals surface area (Å²) in [4.78, 5) is 81.2. The summed E-state index contributed by atoms with van der Waals surface area (Å²) in [6.07, 6.45) is 3.80. The van der Waals surface area contributed by atoms with Gasteiger partial charge in [-0.2, -0.15) is 0 Å². The minimum Gasteiger partial charge on any atom is -0.469 e. The number of nitrogens with zero attached hydrogens (tertiary/aromatic N) is 3. The van der Waals surface area contributed by atoms with Gasteiger partial charge in [-0.25, -0.2) is 0 Å². The lowest BCUT2D eigenvalue weighted by Crippen LogP contribution is -2.53. The average molecular weight is 1060 g/mol. The highest BCUT2D eigenvalue weighted by atomic mass is 79.9. The van der Waals surface area contributed by atoms with Crippen LogP contribution in [0, 0.1) is 0 Å². The molecule has 67 heavy (non-hydrogen) atoms. The Kier molecular flexibility index (Phi) is 28.7. The quantitative estimate of drug-likeness (QED) is 0.0831. The van der Waals surface area contributed by atoms with Crippen molar-refractivity contribution >= 4 is 102 Å². The van der Waals surface area contributed by atoms with Gasteiger partial charge >= 0.3 is 23.9 Å². The van der Waals surface area contributed by atoms with E-state index in [9.17, 15) is 28.8 Å². The molecular formula is C46H63BrN4O13S3. The van der Waals surface area contributed by atoms with Gasteiger partial charge in [0.1, 0.15) is 14.7 Å². The second kappa shape index (κ2) is 32.6. The molecule has 0 aliphatic carbocycles. The molecule has 17 nitrogen and oxygen atoms in total. The number of aliphatic hydroxyl groups excluding tert-OH is 1. The molecule has 2 aromatic rings. The zero-order valence-corrected chi connectivity index (χ0v) is 41.7. The lowest BCUT2D eigenvalue weighted by atomic mass is 9.93. The molecule has 4 aliphatic rings. The van der Waals surface area contributed by atoms with Crippen LogP contribution in [0.25, 0.3) is 0 Å². The Labute approximate surface area is 414 Å². The molecule has 3 unspecified atom stereocenters. The van der Waals surface area contributed by atoms with Crippen molar-refractivity contribution in [2.45, 2.75) is 86.8 Å². The van der Waals surface area contributed by atoms with E-state index in [-0.39, 0.29) is 61.4 Å². The molecule has 21 heteroatoms. The number of hydrogen-bond donors (Lipinski definition) is 2. The van der Waals surface area contributed by atoms with Crippen molar-refractivity contribution in [1.82, 2.24) is 5.32 Å². The molecule has 0 radical (unpaired) electrons. The highest BCUT2D eigenvalue weighted by molar-refractivity contribution is 9.09. The number of carbonyl (C=O) groups excluding carboxylic acids is 6. The van der Waals surface area contributed by atoms with Crippen molar-refractivity contribution in [2.75, 3.05) is 73.2 Å². The van der Waals surface area contributed by atoms with Crippen molar-refractivity contribution in [1.29, 1.82) is 0 Å². The number of ether oxygens (including phenoxy) is 6. The summed E-state index contributed by atoms with van der Waals surface area (Å²) >= 11 is 7.18. The van der Waals surface area contributed by atoms with E-state index in [2.05, 4.69) is 45.7 Å². The number of piperidine rings is 1. The second-order valence-corrected chi connectivity index (χ2v) is 19.5. The topological polar surface area (TPSA) is 227 Å². The molecule has 1 saturated heterocycles. The molecule has 2 amide bonds. The SMILES string of the molecule is C.COC(=O)C1CCN=C(COCc2ccccc2)S1.COC(=O)CCBr.COC(=O)CCC1(C(=O)OC)CCN=C(COCc2ccccc2)S1.O=C1CCC2(CCN=C(CO)S2)C(=O)N1. The van der Waals surface area contributed by atoms with E-state index in [1.807, 2.05) is 60.7 Å². The molecule has 1 fully saturated rings. The molecule has 4 heterocycles. The summed E-state index contributed by atoms with van der Waals surface area (Å²) in [7, 11) is 5.50. The van der Waals surface area contributed by atoms with Crippen LogP contribution in [-0.4, -0.2) is 144 Å². The summed E-state index contributed by atoms with van der Waals surface area (Å²) in [6, 6.07) is 19.8. The van der Waals surface area contributed by atoms with Crippen LogP contribution in [0.5, 0.6) is 0 Å². The minimum absolute atomic E-state index is 0. The molecule has 1 spiro atoms. The van der Waals surface area contributed by atoms with Gasteiger partial charge in [0.2, 0.25) is 11.8 Å². The van der Waals surface area contributed by atoms with Gasteiger partial charge < -0.3 is 33.5 Å². The molecule has 0 aromatic heterocycles. The minimum atomic E-state index is -0.809. The summed E-state index contributed by atoms with van der Waals surface area (Å²) < 4.78 is 28.7. The maximum Gasteiger partial charge on any atom is 0.322 e. The van der Waals surface area contributed by atoms with Crippen LogP contribution in [0.4, 0.5) is 0 Å². The number of aliphatic imine (C=N–C) groups is 3. The number of halogens is 1. The number of imide groups is 1. The number of aliphatic hydroxyl groups is 1. The maximum atomic E-state index is 12.3. The molecule has 0 saturated carbocycles. The van der Waals surface area contributed by atoms with Gasteiger partial charge in [0.05, 0.1) is 83.0 Å². The summed E-state index contributed by atoms with van der Waals surface area (Å²) in [6.45, 7) is 3.41. The van der Waals surface area contributed by atoms with Crippen LogP contribution in [0.15, 0.2) is 75.6 Å². The number of alkyl halides is 1. The van der Waals surface area contributed by atoms with Crippen molar-refractivity contribution in [3.05, 3.63) is 71.8 Å². The van der Waals surface area contributed by atoms with Crippen molar-refractivity contribution < 1.29 is 62.3 Å². The van der Waals surface area contributed by atoms with E-state index in [1.165, 1.54) is 63.7 Å². The van der Waals surface area contributed by atoms with Gasteiger partial charge in [-0.1, -0.05) is 119 Å². The number of benzene rings is 2. The molecule has 2 N–H and O–H groups in total. The number of carbonyl (C=O) groups is 6. The smallest absolute Gasteiger partial charge is 0.322 e. The molecule has 6 rings (SSSR count). The van der Waals surface area contributed by atoms with Gasteiger partial charge in [-0.3, -0.25) is 49.1 Å². The highest BCUT2D eigenvalue weighted by Gasteiger charge is 2.46. The van der Waals surface area contributed by atoms with Crippen LogP contribution >= 0.6 is 51.2 Å². The number of rotatable bonds is 16. The first-order chi connectivity index (χ1) is 31.9. The standard InChI is InChI=1S/C18H23NO5S.C14H17NO3S.C9H12N2O3S.C4H7BrO2.CH4/c1-22-16(20)8-9-18(17(21)23-2)10-11-19-15(25-18)13-24-12-14-6-4-3-5-7-14;1-17-14(16)12-7-8-15-13(19-12)10-18-9-11-5-3-2-4-6-11;12-5-7-10-4-3-9(15-7)2-1-6(13)11-8(9)14;1-7-4(6)2-3-5;/h3-7H,8-13H2,1-2H3;2-6,12H,7-10H2,1H3;12H,1-5H2,(H,11,13,14);2-3H2,1H3;1H4. The number of esters is 4. The van der Waals surface area contributed by atoms with Gasteiger partial charge in [-0.05, 0) is 43.2 Å². The summed E-state index contributed by atoms with van der Waals surface area (Å²) in [5.74, 6) is -1.47. The number of methoxy groups -OCH3 is 4. The molecule has 3 atom stereocenters. The van der Waals surface area contributed by atoms with E-state index in [0.717, 1.165) is 27.6 Å². The van der Waals surface area contributed by atoms with Crippen molar-refractivity contribution in [3.63, 3.8) is 0 Å².